The van der Waals surface area contributed by atoms with Crippen LogP contribution in [0.1, 0.15) is 20.3 Å². The van der Waals surface area contributed by atoms with Crippen LogP contribution in [0.4, 0.5) is 0 Å². The molecule has 0 radical (unpaired) electrons. The van der Waals surface area contributed by atoms with Crippen molar-refractivity contribution in [1.29, 1.82) is 0 Å². The lowest BCUT2D eigenvalue weighted by Gasteiger charge is -2.23. The minimum atomic E-state index is -3.00. The number of rotatable bonds is 9. The summed E-state index contributed by atoms with van der Waals surface area (Å²) in [6.07, 6.45) is 0.628. The van der Waals surface area contributed by atoms with Crippen LogP contribution in [0.5, 0.6) is 0 Å². The Hall–Kier alpha value is 0.0300. The van der Waals surface area contributed by atoms with Crippen molar-refractivity contribution in [2.45, 2.75) is 32.5 Å². The molecule has 1 saturated heterocycles. The predicted molar refractivity (Wildman–Crippen MR) is 66.8 cm³/mol. The van der Waals surface area contributed by atoms with Crippen molar-refractivity contribution >= 4 is 7.60 Å². The summed E-state index contributed by atoms with van der Waals surface area (Å²) in [7, 11) is -1.39. The fourth-order valence-corrected chi connectivity index (χ4v) is 3.55. The Morgan fingerprint density at radius 3 is 2.44 bits per heavy atom. The van der Waals surface area contributed by atoms with Gasteiger partial charge in [0.1, 0.15) is 12.9 Å². The van der Waals surface area contributed by atoms with Crippen molar-refractivity contribution in [1.82, 2.24) is 0 Å². The highest BCUT2D eigenvalue weighted by Gasteiger charge is 2.31. The van der Waals surface area contributed by atoms with Gasteiger partial charge in [-0.1, -0.05) is 0 Å². The second-order valence-corrected chi connectivity index (χ2v) is 6.11. The third-order valence-electron chi connectivity index (χ3n) is 2.70. The van der Waals surface area contributed by atoms with Gasteiger partial charge in [-0.25, -0.2) is 0 Å². The Kier molecular flexibility index (Phi) is 7.37. The third kappa shape index (κ3) is 4.96. The summed E-state index contributed by atoms with van der Waals surface area (Å²) >= 11 is 0. The first kappa shape index (κ1) is 16.1. The third-order valence-corrected chi connectivity index (χ3v) is 4.81. The molecule has 0 aromatic carbocycles. The lowest BCUT2D eigenvalue weighted by atomic mass is 10.1. The predicted octanol–water partition coefficient (Wildman–Crippen LogP) is 2.03. The van der Waals surface area contributed by atoms with Crippen LogP contribution in [0.25, 0.3) is 0 Å². The molecule has 1 aliphatic rings. The molecular formula is C11H23O6P. The van der Waals surface area contributed by atoms with E-state index in [1.54, 1.807) is 21.0 Å². The van der Waals surface area contributed by atoms with E-state index in [9.17, 15) is 4.57 Å². The van der Waals surface area contributed by atoms with Crippen molar-refractivity contribution in [3.8, 4) is 0 Å². The normalized spacial score (nSPS) is 22.3. The molecule has 1 rings (SSSR count). The summed E-state index contributed by atoms with van der Waals surface area (Å²) in [5.41, 5.74) is 0. The Morgan fingerprint density at radius 1 is 1.33 bits per heavy atom. The minimum absolute atomic E-state index is 0.105. The summed E-state index contributed by atoms with van der Waals surface area (Å²) in [5, 5.41) is 0. The van der Waals surface area contributed by atoms with E-state index in [1.165, 1.54) is 0 Å². The Morgan fingerprint density at radius 2 is 2.00 bits per heavy atom. The monoisotopic (exact) mass is 282 g/mol. The topological polar surface area (TPSA) is 63.2 Å². The lowest BCUT2D eigenvalue weighted by Crippen LogP contribution is -2.31. The maximum atomic E-state index is 12.3. The van der Waals surface area contributed by atoms with E-state index in [0.29, 0.717) is 39.2 Å². The Bertz CT molecular complexity index is 256. The second-order valence-electron chi connectivity index (χ2n) is 3.93. The van der Waals surface area contributed by atoms with Gasteiger partial charge in [0.25, 0.3) is 0 Å². The molecule has 0 aliphatic carbocycles. The van der Waals surface area contributed by atoms with Crippen LogP contribution >= 0.6 is 7.60 Å². The average Bonchev–Trinajstić information content (AvgIpc) is 2.84. The van der Waals surface area contributed by atoms with Crippen LogP contribution in [0.3, 0.4) is 0 Å². The molecule has 108 valence electrons. The van der Waals surface area contributed by atoms with Gasteiger partial charge < -0.3 is 23.3 Å². The molecule has 6 nitrogen and oxygen atoms in total. The van der Waals surface area contributed by atoms with Crippen LogP contribution in [0, 0.1) is 0 Å². The molecule has 0 aromatic heterocycles. The quantitative estimate of drug-likeness (QED) is 0.603. The zero-order valence-electron chi connectivity index (χ0n) is 11.3. The van der Waals surface area contributed by atoms with Gasteiger partial charge in [0.2, 0.25) is 0 Å². The van der Waals surface area contributed by atoms with Crippen LogP contribution in [-0.4, -0.2) is 52.1 Å². The average molecular weight is 282 g/mol. The maximum absolute atomic E-state index is 12.3. The molecule has 0 bridgehead atoms. The Balaban J connectivity index is 2.45. The van der Waals surface area contributed by atoms with Crippen molar-refractivity contribution < 1.29 is 27.8 Å². The zero-order chi connectivity index (χ0) is 13.4. The molecule has 0 spiro atoms. The number of hydrogen-bond donors (Lipinski definition) is 0. The van der Waals surface area contributed by atoms with E-state index < -0.39 is 7.60 Å². The number of ether oxygens (including phenoxy) is 3. The molecule has 0 aromatic rings. The fourth-order valence-electron chi connectivity index (χ4n) is 1.86. The van der Waals surface area contributed by atoms with E-state index in [1.807, 2.05) is 0 Å². The van der Waals surface area contributed by atoms with Gasteiger partial charge in [-0.3, -0.25) is 4.57 Å². The van der Waals surface area contributed by atoms with E-state index >= 15 is 0 Å². The van der Waals surface area contributed by atoms with Gasteiger partial charge in [-0.05, 0) is 20.3 Å². The standard InChI is InChI=1S/C11H23O6P/c1-4-16-18(12,17-5-2)7-6-10(13-3)11-8-14-9-15-11/h10-11H,4-9H2,1-3H3. The molecule has 0 saturated carbocycles. The molecule has 0 N–H and O–H groups in total. The van der Waals surface area contributed by atoms with Gasteiger partial charge in [0.15, 0.2) is 0 Å². The maximum Gasteiger partial charge on any atom is 0.330 e. The van der Waals surface area contributed by atoms with Crippen LogP contribution < -0.4 is 0 Å². The molecule has 2 unspecified atom stereocenters. The summed E-state index contributed by atoms with van der Waals surface area (Å²) in [4.78, 5) is 0. The van der Waals surface area contributed by atoms with Gasteiger partial charge in [0, 0.05) is 7.11 Å². The molecule has 1 heterocycles. The van der Waals surface area contributed by atoms with Crippen molar-refractivity contribution in [2.24, 2.45) is 0 Å². The lowest BCUT2D eigenvalue weighted by molar-refractivity contribution is -0.0310. The second kappa shape index (κ2) is 8.25. The number of hydrogen-bond acceptors (Lipinski definition) is 6. The molecule has 7 heteroatoms. The first-order valence-electron chi connectivity index (χ1n) is 6.25. The van der Waals surface area contributed by atoms with E-state index in [0.717, 1.165) is 0 Å². The smallest absolute Gasteiger partial charge is 0.330 e. The molecule has 1 aliphatic heterocycles. The zero-order valence-corrected chi connectivity index (χ0v) is 12.2. The summed E-state index contributed by atoms with van der Waals surface area (Å²) < 4.78 is 38.6. The summed E-state index contributed by atoms with van der Waals surface area (Å²) in [6.45, 7) is 5.14. The van der Waals surface area contributed by atoms with E-state index in [4.69, 9.17) is 23.3 Å². The van der Waals surface area contributed by atoms with Gasteiger partial charge in [-0.2, -0.15) is 0 Å². The van der Waals surface area contributed by atoms with Gasteiger partial charge in [-0.15, -0.1) is 0 Å². The highest BCUT2D eigenvalue weighted by Crippen LogP contribution is 2.49. The summed E-state index contributed by atoms with van der Waals surface area (Å²) in [6, 6.07) is 0. The highest BCUT2D eigenvalue weighted by atomic mass is 31.2. The van der Waals surface area contributed by atoms with Crippen molar-refractivity contribution in [2.75, 3.05) is 39.9 Å². The first-order chi connectivity index (χ1) is 8.65. The summed E-state index contributed by atoms with van der Waals surface area (Å²) in [5.74, 6) is 0. The minimum Gasteiger partial charge on any atom is -0.379 e. The van der Waals surface area contributed by atoms with Crippen LogP contribution in [0.2, 0.25) is 0 Å². The van der Waals surface area contributed by atoms with Crippen LogP contribution in [0.15, 0.2) is 0 Å². The molecular weight excluding hydrogens is 259 g/mol. The fraction of sp³-hybridized carbons (Fsp3) is 1.00. The molecule has 1 fully saturated rings. The van der Waals surface area contributed by atoms with Crippen molar-refractivity contribution in [3.05, 3.63) is 0 Å². The first-order valence-corrected chi connectivity index (χ1v) is 7.98. The molecule has 2 atom stereocenters. The molecule has 0 amide bonds. The Labute approximate surface area is 108 Å². The SMILES string of the molecule is CCOP(=O)(CCC(OC)C1COCO1)OCC. The molecule has 18 heavy (non-hydrogen) atoms. The van der Waals surface area contributed by atoms with E-state index in [-0.39, 0.29) is 12.2 Å². The highest BCUT2D eigenvalue weighted by molar-refractivity contribution is 7.53. The van der Waals surface area contributed by atoms with E-state index in [2.05, 4.69) is 0 Å². The van der Waals surface area contributed by atoms with Crippen LogP contribution in [-0.2, 0) is 27.8 Å². The largest absolute Gasteiger partial charge is 0.379 e. The van der Waals surface area contributed by atoms with Gasteiger partial charge in [0.05, 0.1) is 32.1 Å². The van der Waals surface area contributed by atoms with Gasteiger partial charge >= 0.3 is 7.60 Å². The number of methoxy groups -OCH3 is 1. The van der Waals surface area contributed by atoms with Crippen molar-refractivity contribution in [3.63, 3.8) is 0 Å².